The number of nitrogens with one attached hydrogen (secondary N) is 1. The molecule has 1 N–H and O–H groups in total. The summed E-state index contributed by atoms with van der Waals surface area (Å²) in [7, 11) is -4.12. The molecule has 0 aromatic heterocycles. The summed E-state index contributed by atoms with van der Waals surface area (Å²) in [4.78, 5) is 29.1. The summed E-state index contributed by atoms with van der Waals surface area (Å²) in [6, 6.07) is 18.3. The summed E-state index contributed by atoms with van der Waals surface area (Å²) in [6.45, 7) is 10.9. The maximum absolute atomic E-state index is 14.2. The normalized spacial score (nSPS) is 12.9. The van der Waals surface area contributed by atoms with E-state index in [0.29, 0.717) is 22.7 Å². The predicted octanol–water partition coefficient (Wildman–Crippen LogP) is 6.18. The van der Waals surface area contributed by atoms with Crippen LogP contribution in [0.2, 0.25) is 5.02 Å². The third kappa shape index (κ3) is 8.11. The van der Waals surface area contributed by atoms with Crippen LogP contribution in [0, 0.1) is 20.8 Å². The molecule has 2 unspecified atom stereocenters. The zero-order valence-corrected chi connectivity index (χ0v) is 26.2. The molecule has 0 aliphatic carbocycles. The molecule has 0 radical (unpaired) electrons. The van der Waals surface area contributed by atoms with Crippen molar-refractivity contribution in [2.45, 2.75) is 77.9 Å². The van der Waals surface area contributed by atoms with Crippen molar-refractivity contribution in [2.24, 2.45) is 0 Å². The van der Waals surface area contributed by atoms with Gasteiger partial charge in [0.15, 0.2) is 0 Å². The first-order valence-corrected chi connectivity index (χ1v) is 15.7. The van der Waals surface area contributed by atoms with Crippen LogP contribution in [-0.2, 0) is 26.2 Å². The van der Waals surface area contributed by atoms with Crippen molar-refractivity contribution in [3.8, 4) is 0 Å². The van der Waals surface area contributed by atoms with Gasteiger partial charge in [0.1, 0.15) is 12.6 Å². The third-order valence-corrected chi connectivity index (χ3v) is 9.20. The van der Waals surface area contributed by atoms with Crippen LogP contribution in [0.25, 0.3) is 0 Å². The molecule has 2 atom stereocenters. The van der Waals surface area contributed by atoms with Gasteiger partial charge in [-0.1, -0.05) is 67.4 Å². The van der Waals surface area contributed by atoms with Crippen molar-refractivity contribution in [2.75, 3.05) is 10.8 Å². The lowest BCUT2D eigenvalue weighted by molar-refractivity contribution is -0.140. The fraction of sp³-hybridized carbons (Fsp3) is 0.375. The molecule has 3 rings (SSSR count). The van der Waals surface area contributed by atoms with Crippen molar-refractivity contribution >= 4 is 39.1 Å². The average Bonchev–Trinajstić information content (AvgIpc) is 2.94. The Labute approximate surface area is 249 Å². The highest BCUT2D eigenvalue weighted by atomic mass is 35.5. The molecular weight excluding hydrogens is 558 g/mol. The molecule has 3 aromatic carbocycles. The monoisotopic (exact) mass is 597 g/mol. The summed E-state index contributed by atoms with van der Waals surface area (Å²) in [5.74, 6) is -0.758. The second kappa shape index (κ2) is 14.0. The van der Waals surface area contributed by atoms with Crippen LogP contribution >= 0.6 is 11.6 Å². The zero-order chi connectivity index (χ0) is 30.3. The Morgan fingerprint density at radius 1 is 0.878 bits per heavy atom. The second-order valence-corrected chi connectivity index (χ2v) is 12.8. The maximum Gasteiger partial charge on any atom is 0.264 e. The van der Waals surface area contributed by atoms with Gasteiger partial charge < -0.3 is 10.2 Å². The van der Waals surface area contributed by atoms with Gasteiger partial charge in [-0.15, -0.1) is 0 Å². The Hall–Kier alpha value is -3.36. The number of nitrogens with zero attached hydrogens (tertiary/aromatic N) is 2. The number of rotatable bonds is 12. The fourth-order valence-corrected chi connectivity index (χ4v) is 6.08. The lowest BCUT2D eigenvalue weighted by Crippen LogP contribution is -2.53. The highest BCUT2D eigenvalue weighted by molar-refractivity contribution is 7.92. The smallest absolute Gasteiger partial charge is 0.264 e. The number of amides is 2. The van der Waals surface area contributed by atoms with Crippen molar-refractivity contribution in [3.63, 3.8) is 0 Å². The van der Waals surface area contributed by atoms with E-state index >= 15 is 0 Å². The van der Waals surface area contributed by atoms with Gasteiger partial charge in [0.25, 0.3) is 10.0 Å². The molecule has 41 heavy (non-hydrogen) atoms. The number of aryl methyl sites for hydroxylation is 3. The molecule has 220 valence electrons. The van der Waals surface area contributed by atoms with E-state index in [9.17, 15) is 18.0 Å². The average molecular weight is 598 g/mol. The molecule has 0 bridgehead atoms. The van der Waals surface area contributed by atoms with Crippen LogP contribution < -0.4 is 9.62 Å². The highest BCUT2D eigenvalue weighted by Crippen LogP contribution is 2.29. The topological polar surface area (TPSA) is 86.8 Å². The summed E-state index contributed by atoms with van der Waals surface area (Å²) in [5, 5.41) is 3.54. The molecule has 0 heterocycles. The predicted molar refractivity (Wildman–Crippen MR) is 166 cm³/mol. The number of benzene rings is 3. The second-order valence-electron chi connectivity index (χ2n) is 10.5. The van der Waals surface area contributed by atoms with Gasteiger partial charge in [-0.2, -0.15) is 0 Å². The Morgan fingerprint density at radius 2 is 1.49 bits per heavy atom. The number of hydrogen-bond acceptors (Lipinski definition) is 4. The highest BCUT2D eigenvalue weighted by Gasteiger charge is 2.34. The third-order valence-electron chi connectivity index (χ3n) is 7.17. The Balaban J connectivity index is 2.10. The van der Waals surface area contributed by atoms with Gasteiger partial charge in [-0.25, -0.2) is 8.42 Å². The number of carbonyl (C=O) groups is 2. The number of anilines is 1. The Kier molecular flexibility index (Phi) is 11.0. The molecular formula is C32H40ClN3O4S. The first kappa shape index (κ1) is 32.2. The van der Waals surface area contributed by atoms with Crippen LogP contribution in [0.4, 0.5) is 5.69 Å². The molecule has 0 aliphatic heterocycles. The number of carbonyl (C=O) groups excluding carboxylic acids is 2. The Bertz CT molecular complexity index is 1460. The lowest BCUT2D eigenvalue weighted by Gasteiger charge is -2.34. The number of hydrogen-bond donors (Lipinski definition) is 1. The van der Waals surface area contributed by atoms with E-state index in [1.165, 1.54) is 4.90 Å². The van der Waals surface area contributed by atoms with E-state index in [1.807, 2.05) is 53.7 Å². The minimum absolute atomic E-state index is 0.0719. The van der Waals surface area contributed by atoms with Gasteiger partial charge in [-0.3, -0.25) is 13.9 Å². The number of halogens is 1. The van der Waals surface area contributed by atoms with E-state index < -0.39 is 28.5 Å². The van der Waals surface area contributed by atoms with Gasteiger partial charge in [-0.05, 0) is 87.6 Å². The molecule has 0 saturated carbocycles. The van der Waals surface area contributed by atoms with Crippen molar-refractivity contribution in [3.05, 3.63) is 94.0 Å². The molecule has 0 spiro atoms. The lowest BCUT2D eigenvalue weighted by atomic mass is 10.1. The SMILES string of the molecule is CCC(C)NC(=O)C(CC)N(Cc1ccc(Cl)cc1)C(=O)CN(c1cc(C)ccc1C)S(=O)(=O)c1ccc(C)cc1. The summed E-state index contributed by atoms with van der Waals surface area (Å²) >= 11 is 6.09. The van der Waals surface area contributed by atoms with Crippen molar-refractivity contribution < 1.29 is 18.0 Å². The minimum atomic E-state index is -4.12. The molecule has 9 heteroatoms. The van der Waals surface area contributed by atoms with Crippen LogP contribution in [-0.4, -0.2) is 43.8 Å². The molecule has 7 nitrogen and oxygen atoms in total. The van der Waals surface area contributed by atoms with E-state index in [4.69, 9.17) is 11.6 Å². The molecule has 3 aromatic rings. The Morgan fingerprint density at radius 3 is 2.07 bits per heavy atom. The molecule has 2 amide bonds. The van der Waals surface area contributed by atoms with E-state index in [-0.39, 0.29) is 23.4 Å². The van der Waals surface area contributed by atoms with E-state index in [0.717, 1.165) is 27.4 Å². The van der Waals surface area contributed by atoms with E-state index in [1.54, 1.807) is 54.6 Å². The number of sulfonamides is 1. The first-order valence-electron chi connectivity index (χ1n) is 13.9. The van der Waals surface area contributed by atoms with Crippen LogP contribution in [0.1, 0.15) is 55.9 Å². The maximum atomic E-state index is 14.2. The molecule has 0 aliphatic rings. The van der Waals surface area contributed by atoms with Crippen molar-refractivity contribution in [1.82, 2.24) is 10.2 Å². The van der Waals surface area contributed by atoms with Gasteiger partial charge in [0.2, 0.25) is 11.8 Å². The van der Waals surface area contributed by atoms with Gasteiger partial charge in [0.05, 0.1) is 10.6 Å². The van der Waals surface area contributed by atoms with Crippen LogP contribution in [0.3, 0.4) is 0 Å². The van der Waals surface area contributed by atoms with Gasteiger partial charge in [0, 0.05) is 17.6 Å². The largest absolute Gasteiger partial charge is 0.352 e. The summed E-state index contributed by atoms with van der Waals surface area (Å²) < 4.78 is 29.3. The molecule has 0 fully saturated rings. The quantitative estimate of drug-likeness (QED) is 0.270. The fourth-order valence-electron chi connectivity index (χ4n) is 4.49. The van der Waals surface area contributed by atoms with Crippen LogP contribution in [0.15, 0.2) is 71.6 Å². The van der Waals surface area contributed by atoms with Gasteiger partial charge >= 0.3 is 0 Å². The van der Waals surface area contributed by atoms with Crippen LogP contribution in [0.5, 0.6) is 0 Å². The zero-order valence-electron chi connectivity index (χ0n) is 24.6. The standard InChI is InChI=1S/C32H40ClN3O4S/c1-7-25(6)34-32(38)29(8-2)35(20-26-13-15-27(33)16-14-26)31(37)21-36(30-19-23(4)9-12-24(30)5)41(39,40)28-17-10-22(3)11-18-28/h9-19,25,29H,7-8,20-21H2,1-6H3,(H,34,38). The summed E-state index contributed by atoms with van der Waals surface area (Å²) in [5.41, 5.74) is 3.69. The molecule has 0 saturated heterocycles. The first-order chi connectivity index (χ1) is 19.4. The minimum Gasteiger partial charge on any atom is -0.352 e. The van der Waals surface area contributed by atoms with E-state index in [2.05, 4.69) is 5.32 Å². The van der Waals surface area contributed by atoms with Crippen molar-refractivity contribution in [1.29, 1.82) is 0 Å². The summed E-state index contributed by atoms with van der Waals surface area (Å²) in [6.07, 6.45) is 1.10.